The summed E-state index contributed by atoms with van der Waals surface area (Å²) in [7, 11) is 3.19. The molecule has 0 atom stereocenters. The molecule has 0 fully saturated rings. The van der Waals surface area contributed by atoms with Crippen LogP contribution in [0.3, 0.4) is 0 Å². The number of amides is 2. The smallest absolute Gasteiger partial charge is 0.336 e. The molecular weight excluding hydrogens is 481 g/mol. The number of hydrogen-bond acceptors (Lipinski definition) is 6. The number of anilines is 1. The summed E-state index contributed by atoms with van der Waals surface area (Å²) in [6.45, 7) is -0.343. The molecule has 2 amide bonds. The molecule has 0 aliphatic carbocycles. The highest BCUT2D eigenvalue weighted by atomic mass is 35.5. The minimum atomic E-state index is -4.65. The van der Waals surface area contributed by atoms with Crippen LogP contribution in [0.2, 0.25) is 5.02 Å². The van der Waals surface area contributed by atoms with Crippen LogP contribution in [0.25, 0.3) is 11.4 Å². The quantitative estimate of drug-likeness (QED) is 0.499. The van der Waals surface area contributed by atoms with Crippen LogP contribution in [0, 0.1) is 0 Å². The van der Waals surface area contributed by atoms with E-state index in [0.717, 1.165) is 29.5 Å². The summed E-state index contributed by atoms with van der Waals surface area (Å²) in [4.78, 5) is 29.7. The van der Waals surface area contributed by atoms with Gasteiger partial charge >= 0.3 is 6.18 Å². The van der Waals surface area contributed by atoms with Crippen LogP contribution in [-0.4, -0.2) is 55.8 Å². The topological polar surface area (TPSA) is 93.0 Å². The Bertz CT molecular complexity index is 1160. The molecule has 0 radical (unpaired) electrons. The Labute approximate surface area is 196 Å². The zero-order valence-corrected chi connectivity index (χ0v) is 19.0. The Kier molecular flexibility index (Phi) is 7.59. The van der Waals surface area contributed by atoms with Crippen molar-refractivity contribution in [3.8, 4) is 11.4 Å². The zero-order valence-electron chi connectivity index (χ0n) is 17.4. The van der Waals surface area contributed by atoms with E-state index < -0.39 is 22.7 Å². The number of carbonyl (C=O) groups is 2. The van der Waals surface area contributed by atoms with Gasteiger partial charge in [0.25, 0.3) is 0 Å². The third kappa shape index (κ3) is 6.23. The Morgan fingerprint density at radius 2 is 1.88 bits per heavy atom. The van der Waals surface area contributed by atoms with Gasteiger partial charge in [0.15, 0.2) is 11.0 Å². The lowest BCUT2D eigenvalue weighted by Gasteiger charge is -2.17. The molecule has 0 saturated carbocycles. The highest BCUT2D eigenvalue weighted by Gasteiger charge is 2.33. The van der Waals surface area contributed by atoms with Gasteiger partial charge in [0.2, 0.25) is 11.8 Å². The number of likely N-dealkylation sites (N-methyl/N-ethyl adjacent to an activating group) is 1. The van der Waals surface area contributed by atoms with E-state index in [1.54, 1.807) is 36.1 Å². The van der Waals surface area contributed by atoms with E-state index in [9.17, 15) is 22.8 Å². The maximum Gasteiger partial charge on any atom is 0.417 e. The SMILES string of the molecule is CN(CC(=O)Nc1ccc(Cl)c(C(F)(F)F)c1)C(=O)CSc1nnc(-c2ccncc2)n1C. The highest BCUT2D eigenvalue weighted by Crippen LogP contribution is 2.36. The summed E-state index contributed by atoms with van der Waals surface area (Å²) in [6.07, 6.45) is -1.39. The number of carbonyl (C=O) groups excluding carboxylic acids is 2. The summed E-state index contributed by atoms with van der Waals surface area (Å²) >= 11 is 6.72. The number of hydrogen-bond donors (Lipinski definition) is 1. The molecule has 3 rings (SSSR count). The van der Waals surface area contributed by atoms with Crippen LogP contribution in [0.5, 0.6) is 0 Å². The average Bonchev–Trinajstić information content (AvgIpc) is 3.13. The monoisotopic (exact) mass is 498 g/mol. The molecule has 0 unspecified atom stereocenters. The fourth-order valence-electron chi connectivity index (χ4n) is 2.75. The molecule has 0 aliphatic rings. The van der Waals surface area contributed by atoms with Crippen LogP contribution in [0.4, 0.5) is 18.9 Å². The number of aromatic nitrogens is 4. The summed E-state index contributed by atoms with van der Waals surface area (Å²) in [6, 6.07) is 6.61. The van der Waals surface area contributed by atoms with E-state index in [1.165, 1.54) is 18.0 Å². The van der Waals surface area contributed by atoms with Crippen LogP contribution in [-0.2, 0) is 22.8 Å². The first-order chi connectivity index (χ1) is 15.6. The third-order valence-corrected chi connectivity index (χ3v) is 5.79. The van der Waals surface area contributed by atoms with E-state index in [-0.39, 0.29) is 23.9 Å². The van der Waals surface area contributed by atoms with Gasteiger partial charge in [0.1, 0.15) is 0 Å². The molecule has 2 aromatic heterocycles. The highest BCUT2D eigenvalue weighted by molar-refractivity contribution is 7.99. The lowest BCUT2D eigenvalue weighted by molar-refractivity contribution is -0.137. The van der Waals surface area contributed by atoms with E-state index in [1.807, 2.05) is 0 Å². The Hall–Kier alpha value is -3.12. The van der Waals surface area contributed by atoms with Crippen molar-refractivity contribution in [2.75, 3.05) is 24.7 Å². The van der Waals surface area contributed by atoms with Crippen LogP contribution < -0.4 is 5.32 Å². The van der Waals surface area contributed by atoms with Gasteiger partial charge in [-0.3, -0.25) is 14.6 Å². The number of rotatable bonds is 7. The second-order valence-corrected chi connectivity index (χ2v) is 8.23. The zero-order chi connectivity index (χ0) is 24.2. The van der Waals surface area contributed by atoms with Crippen molar-refractivity contribution in [1.82, 2.24) is 24.6 Å². The van der Waals surface area contributed by atoms with Crippen molar-refractivity contribution >= 4 is 40.9 Å². The Morgan fingerprint density at radius 3 is 2.55 bits per heavy atom. The maximum absolute atomic E-state index is 13.0. The molecule has 174 valence electrons. The Morgan fingerprint density at radius 1 is 1.18 bits per heavy atom. The number of thioether (sulfide) groups is 1. The van der Waals surface area contributed by atoms with Crippen molar-refractivity contribution in [2.45, 2.75) is 11.3 Å². The van der Waals surface area contributed by atoms with E-state index in [0.29, 0.717) is 11.0 Å². The Balaban J connectivity index is 1.55. The van der Waals surface area contributed by atoms with Crippen molar-refractivity contribution < 1.29 is 22.8 Å². The molecule has 8 nitrogen and oxygen atoms in total. The van der Waals surface area contributed by atoms with Crippen LogP contribution in [0.15, 0.2) is 47.9 Å². The molecule has 1 aromatic carbocycles. The average molecular weight is 499 g/mol. The first-order valence-corrected chi connectivity index (χ1v) is 10.8. The molecule has 0 spiro atoms. The lowest BCUT2D eigenvalue weighted by atomic mass is 10.2. The van der Waals surface area contributed by atoms with E-state index >= 15 is 0 Å². The van der Waals surface area contributed by atoms with Gasteiger partial charge < -0.3 is 14.8 Å². The summed E-state index contributed by atoms with van der Waals surface area (Å²) in [5.41, 5.74) is -0.310. The maximum atomic E-state index is 13.0. The third-order valence-electron chi connectivity index (χ3n) is 4.46. The normalized spacial score (nSPS) is 11.3. The lowest BCUT2D eigenvalue weighted by Crippen LogP contribution is -2.36. The first kappa shape index (κ1) is 24.5. The minimum Gasteiger partial charge on any atom is -0.336 e. The van der Waals surface area contributed by atoms with Crippen molar-refractivity contribution in [2.24, 2.45) is 7.05 Å². The molecule has 13 heteroatoms. The fraction of sp³-hybridized carbons (Fsp3) is 0.250. The van der Waals surface area contributed by atoms with Gasteiger partial charge in [-0.25, -0.2) is 0 Å². The fourth-order valence-corrected chi connectivity index (χ4v) is 3.83. The summed E-state index contributed by atoms with van der Waals surface area (Å²) in [5, 5.41) is 10.6. The molecule has 3 aromatic rings. The van der Waals surface area contributed by atoms with Crippen molar-refractivity contribution in [1.29, 1.82) is 0 Å². The van der Waals surface area contributed by atoms with E-state index in [2.05, 4.69) is 20.5 Å². The second kappa shape index (κ2) is 10.2. The predicted molar refractivity (Wildman–Crippen MR) is 118 cm³/mol. The largest absolute Gasteiger partial charge is 0.417 e. The predicted octanol–water partition coefficient (Wildman–Crippen LogP) is 3.74. The standard InChI is InChI=1S/C20H18ClF3N6O2S/c1-29(10-16(31)26-13-3-4-15(21)14(9-13)20(22,23)24)17(32)11-33-19-28-27-18(30(19)2)12-5-7-25-8-6-12/h3-9H,10-11H2,1-2H3,(H,26,31). The first-order valence-electron chi connectivity index (χ1n) is 9.39. The minimum absolute atomic E-state index is 0.00867. The number of pyridine rings is 1. The molecule has 33 heavy (non-hydrogen) atoms. The second-order valence-electron chi connectivity index (χ2n) is 6.88. The van der Waals surface area contributed by atoms with Gasteiger partial charge in [-0.05, 0) is 30.3 Å². The number of nitrogens with one attached hydrogen (secondary N) is 1. The van der Waals surface area contributed by atoms with Crippen LogP contribution >= 0.6 is 23.4 Å². The molecule has 0 saturated heterocycles. The van der Waals surface area contributed by atoms with Crippen LogP contribution in [0.1, 0.15) is 5.56 Å². The van der Waals surface area contributed by atoms with Gasteiger partial charge in [-0.15, -0.1) is 10.2 Å². The van der Waals surface area contributed by atoms with Gasteiger partial charge in [0, 0.05) is 37.7 Å². The summed E-state index contributed by atoms with van der Waals surface area (Å²) in [5.74, 6) is -0.410. The van der Waals surface area contributed by atoms with Gasteiger partial charge in [-0.1, -0.05) is 23.4 Å². The molecule has 0 bridgehead atoms. The number of alkyl halides is 3. The number of halogens is 4. The molecule has 1 N–H and O–H groups in total. The summed E-state index contributed by atoms with van der Waals surface area (Å²) < 4.78 is 40.6. The molecular formula is C20H18ClF3N6O2S. The van der Waals surface area contributed by atoms with Crippen molar-refractivity contribution in [3.63, 3.8) is 0 Å². The molecule has 0 aliphatic heterocycles. The van der Waals surface area contributed by atoms with Gasteiger partial charge in [-0.2, -0.15) is 13.2 Å². The van der Waals surface area contributed by atoms with E-state index in [4.69, 9.17) is 11.6 Å². The number of nitrogens with zero attached hydrogens (tertiary/aromatic N) is 5. The molecule has 2 heterocycles. The van der Waals surface area contributed by atoms with Crippen molar-refractivity contribution in [3.05, 3.63) is 53.3 Å². The van der Waals surface area contributed by atoms with Gasteiger partial charge in [0.05, 0.1) is 22.9 Å². The number of benzene rings is 1.